The molecule has 254 valence electrons. The lowest BCUT2D eigenvalue weighted by molar-refractivity contribution is 0.384. The van der Waals surface area contributed by atoms with Crippen molar-refractivity contribution in [3.05, 3.63) is 112 Å². The number of benzene rings is 5. The maximum Gasteiger partial charge on any atom is 0.530 e. The number of hydrogen-bond donors (Lipinski definition) is 0. The molecule has 0 saturated carbocycles. The molecular formula is C44H55O3P. The first-order valence-corrected chi connectivity index (χ1v) is 18.9. The molecule has 0 bridgehead atoms. The monoisotopic (exact) mass is 662 g/mol. The first-order valence-electron chi connectivity index (χ1n) is 17.8. The van der Waals surface area contributed by atoms with Crippen LogP contribution in [0.15, 0.2) is 78.9 Å². The summed E-state index contributed by atoms with van der Waals surface area (Å²) in [6.45, 7) is 27.1. The van der Waals surface area contributed by atoms with Crippen molar-refractivity contribution in [2.45, 2.75) is 119 Å². The van der Waals surface area contributed by atoms with Crippen molar-refractivity contribution in [1.29, 1.82) is 0 Å². The molecule has 48 heavy (non-hydrogen) atoms. The van der Waals surface area contributed by atoms with Crippen LogP contribution in [0, 0.1) is 0 Å². The van der Waals surface area contributed by atoms with Crippen molar-refractivity contribution in [2.24, 2.45) is 0 Å². The van der Waals surface area contributed by atoms with Gasteiger partial charge in [-0.25, -0.2) is 0 Å². The lowest BCUT2D eigenvalue weighted by Crippen LogP contribution is -2.07. The summed E-state index contributed by atoms with van der Waals surface area (Å²) in [7, 11) is -1.87. The van der Waals surface area contributed by atoms with Gasteiger partial charge in [0.1, 0.15) is 17.2 Å². The van der Waals surface area contributed by atoms with E-state index in [2.05, 4.69) is 132 Å². The Kier molecular flexibility index (Phi) is 11.1. The van der Waals surface area contributed by atoms with E-state index in [1.54, 1.807) is 0 Å². The van der Waals surface area contributed by atoms with E-state index in [0.717, 1.165) is 28.4 Å². The molecule has 5 rings (SSSR count). The van der Waals surface area contributed by atoms with Crippen molar-refractivity contribution in [3.8, 4) is 17.2 Å². The van der Waals surface area contributed by atoms with Gasteiger partial charge in [-0.2, -0.15) is 0 Å². The average molecular weight is 663 g/mol. The summed E-state index contributed by atoms with van der Waals surface area (Å²) in [6.07, 6.45) is 0. The van der Waals surface area contributed by atoms with Gasteiger partial charge < -0.3 is 13.6 Å². The summed E-state index contributed by atoms with van der Waals surface area (Å²) in [4.78, 5) is 0. The standard InChI is InChI=1S/C44H55O3P/c1-26(2)32-18-34-22-39(30(9)10)43(24-41(34)37(20-32)28(5)6)46-48(45-36-16-14-13-15-17-36)47-44-25-42-35(23-40(44)31(11)12)19-33(27(3)4)21-38(42)29(7)8/h13-31H,1-12H3. The molecule has 0 N–H and O–H groups in total. The highest BCUT2D eigenvalue weighted by Gasteiger charge is 2.26. The molecule has 0 fully saturated rings. The van der Waals surface area contributed by atoms with E-state index in [4.69, 9.17) is 13.6 Å². The Balaban J connectivity index is 1.67. The summed E-state index contributed by atoms with van der Waals surface area (Å²) in [5.74, 6) is 4.51. The predicted octanol–water partition coefficient (Wildman–Crippen LogP) is 14.5. The molecule has 0 aliphatic rings. The largest absolute Gasteiger partial charge is 0.530 e. The van der Waals surface area contributed by atoms with Gasteiger partial charge in [-0.1, -0.05) is 126 Å². The second-order valence-corrected chi connectivity index (χ2v) is 16.2. The van der Waals surface area contributed by atoms with Crippen molar-refractivity contribution in [3.63, 3.8) is 0 Å². The van der Waals surface area contributed by atoms with Crippen LogP contribution in [-0.2, 0) is 0 Å². The number of rotatable bonds is 12. The van der Waals surface area contributed by atoms with Crippen LogP contribution in [-0.4, -0.2) is 0 Å². The van der Waals surface area contributed by atoms with Gasteiger partial charge in [0.2, 0.25) is 0 Å². The van der Waals surface area contributed by atoms with Crippen LogP contribution in [0.3, 0.4) is 0 Å². The lowest BCUT2D eigenvalue weighted by atomic mass is 9.88. The van der Waals surface area contributed by atoms with E-state index in [-0.39, 0.29) is 11.8 Å². The number of hydrogen-bond acceptors (Lipinski definition) is 3. The fourth-order valence-corrected chi connectivity index (χ4v) is 7.43. The van der Waals surface area contributed by atoms with Crippen LogP contribution >= 0.6 is 8.60 Å². The molecular weight excluding hydrogens is 607 g/mol. The molecule has 5 aromatic rings. The van der Waals surface area contributed by atoms with Gasteiger partial charge in [0.15, 0.2) is 0 Å². The summed E-state index contributed by atoms with van der Waals surface area (Å²) >= 11 is 0. The Bertz CT molecular complexity index is 1750. The summed E-state index contributed by atoms with van der Waals surface area (Å²) in [5, 5.41) is 4.96. The molecule has 5 aromatic carbocycles. The minimum atomic E-state index is -1.87. The minimum absolute atomic E-state index is 0.249. The first kappa shape index (κ1) is 35.7. The Morgan fingerprint density at radius 3 is 1.15 bits per heavy atom. The SMILES string of the molecule is CC(C)c1cc(C(C)C)c2cc(OP(Oc3ccccc3)Oc3cc4c(C(C)C)cc(C(C)C)cc4cc3C(C)C)c(C(C)C)cc2c1. The topological polar surface area (TPSA) is 27.7 Å². The molecule has 0 unspecified atom stereocenters. The highest BCUT2D eigenvalue weighted by molar-refractivity contribution is 7.43. The van der Waals surface area contributed by atoms with Gasteiger partial charge in [0.25, 0.3) is 0 Å². The van der Waals surface area contributed by atoms with E-state index in [1.807, 2.05) is 30.3 Å². The predicted molar refractivity (Wildman–Crippen MR) is 208 cm³/mol. The van der Waals surface area contributed by atoms with E-state index < -0.39 is 8.60 Å². The Morgan fingerprint density at radius 1 is 0.396 bits per heavy atom. The molecule has 0 aromatic heterocycles. The average Bonchev–Trinajstić information content (AvgIpc) is 3.03. The maximum atomic E-state index is 6.93. The Labute approximate surface area is 291 Å². The molecule has 0 atom stereocenters. The van der Waals surface area contributed by atoms with Gasteiger partial charge in [-0.05, 0) is 127 Å². The molecule has 0 radical (unpaired) electrons. The van der Waals surface area contributed by atoms with Crippen LogP contribution in [0.2, 0.25) is 0 Å². The quantitative estimate of drug-likeness (QED) is 0.124. The summed E-state index contributed by atoms with van der Waals surface area (Å²) < 4.78 is 20.5. The van der Waals surface area contributed by atoms with Gasteiger partial charge >= 0.3 is 8.60 Å². The summed E-state index contributed by atoms with van der Waals surface area (Å²) in [6, 6.07) is 28.4. The number of para-hydroxylation sites is 1. The van der Waals surface area contributed by atoms with Crippen molar-refractivity contribution in [1.82, 2.24) is 0 Å². The third-order valence-corrected chi connectivity index (χ3v) is 10.4. The van der Waals surface area contributed by atoms with Crippen LogP contribution in [0.5, 0.6) is 17.2 Å². The molecule has 3 nitrogen and oxygen atoms in total. The highest BCUT2D eigenvalue weighted by Crippen LogP contribution is 2.48. The van der Waals surface area contributed by atoms with Crippen molar-refractivity contribution in [2.75, 3.05) is 0 Å². The minimum Gasteiger partial charge on any atom is -0.409 e. The summed E-state index contributed by atoms with van der Waals surface area (Å²) in [5.41, 5.74) is 7.71. The maximum absolute atomic E-state index is 6.93. The molecule has 0 aliphatic heterocycles. The highest BCUT2D eigenvalue weighted by atomic mass is 31.2. The zero-order valence-electron chi connectivity index (χ0n) is 31.1. The second kappa shape index (κ2) is 14.9. The van der Waals surface area contributed by atoms with Crippen molar-refractivity contribution < 1.29 is 13.6 Å². The van der Waals surface area contributed by atoms with E-state index >= 15 is 0 Å². The van der Waals surface area contributed by atoms with E-state index in [0.29, 0.717) is 23.7 Å². The third kappa shape index (κ3) is 7.84. The van der Waals surface area contributed by atoms with Crippen molar-refractivity contribution >= 4 is 30.1 Å². The van der Waals surface area contributed by atoms with Gasteiger partial charge in [-0.3, -0.25) is 0 Å². The molecule has 0 spiro atoms. The smallest absolute Gasteiger partial charge is 0.409 e. The van der Waals surface area contributed by atoms with Crippen LogP contribution in [0.1, 0.15) is 152 Å². The molecule has 0 saturated heterocycles. The molecule has 4 heteroatoms. The Hall–Kier alpha value is -3.55. The van der Waals surface area contributed by atoms with Crippen LogP contribution in [0.25, 0.3) is 21.5 Å². The number of fused-ring (bicyclic) bond motifs is 2. The zero-order valence-corrected chi connectivity index (χ0v) is 32.0. The zero-order chi connectivity index (χ0) is 34.9. The lowest BCUT2D eigenvalue weighted by Gasteiger charge is -2.24. The fourth-order valence-electron chi connectivity index (χ4n) is 6.39. The second-order valence-electron chi connectivity index (χ2n) is 15.2. The molecule has 0 heterocycles. The van der Waals surface area contributed by atoms with Gasteiger partial charge in [0, 0.05) is 0 Å². The molecule has 0 aliphatic carbocycles. The Morgan fingerprint density at radius 2 is 0.792 bits per heavy atom. The van der Waals surface area contributed by atoms with Crippen LogP contribution in [0.4, 0.5) is 0 Å². The van der Waals surface area contributed by atoms with Gasteiger partial charge in [-0.15, -0.1) is 0 Å². The first-order chi connectivity index (χ1) is 22.7. The van der Waals surface area contributed by atoms with Gasteiger partial charge in [0.05, 0.1) is 0 Å². The third-order valence-electron chi connectivity index (χ3n) is 9.36. The fraction of sp³-hybridized carbons (Fsp3) is 0.409. The van der Waals surface area contributed by atoms with Crippen LogP contribution < -0.4 is 13.6 Å². The van der Waals surface area contributed by atoms with E-state index in [9.17, 15) is 0 Å². The van der Waals surface area contributed by atoms with E-state index in [1.165, 1.54) is 43.8 Å². The normalized spacial score (nSPS) is 12.2. The molecule has 0 amide bonds.